The van der Waals surface area contributed by atoms with Gasteiger partial charge in [-0.2, -0.15) is 0 Å². The molecule has 14 N–H and O–H groups in total. The molecule has 6 fully saturated rings. The van der Waals surface area contributed by atoms with E-state index in [2.05, 4.69) is 62.6 Å². The van der Waals surface area contributed by atoms with Crippen LogP contribution in [0, 0.1) is 30.6 Å². The molecule has 2 aromatic carbocycles. The minimum atomic E-state index is -1.81. The first-order valence-corrected chi connectivity index (χ1v) is 38.8. The average Bonchev–Trinajstić information content (AvgIpc) is 1.56. The highest BCUT2D eigenvalue weighted by molar-refractivity contribution is 6.01. The van der Waals surface area contributed by atoms with E-state index < -0.39 is 215 Å². The van der Waals surface area contributed by atoms with Crippen molar-refractivity contribution in [2.75, 3.05) is 36.8 Å². The number of para-hydroxylation sites is 1. The van der Waals surface area contributed by atoms with Gasteiger partial charge in [0.25, 0.3) is 11.8 Å². The Bertz CT molecular complexity index is 4020. The molecule has 38 heteroatoms. The van der Waals surface area contributed by atoms with E-state index in [-0.39, 0.29) is 97.8 Å². The number of nitrogens with one attached hydrogen (secondary N) is 8. The Morgan fingerprint density at radius 1 is 0.482 bits per heavy atom. The highest BCUT2D eigenvalue weighted by Gasteiger charge is 2.64. The van der Waals surface area contributed by atoms with Gasteiger partial charge in [-0.3, -0.25) is 47.9 Å². The molecule has 20 atom stereocenters. The summed E-state index contributed by atoms with van der Waals surface area (Å²) < 4.78 is 11.7. The Kier molecular flexibility index (Phi) is 29.9. The zero-order valence-electron chi connectivity index (χ0n) is 65.4. The predicted octanol–water partition coefficient (Wildman–Crippen LogP) is 1.21. The lowest BCUT2D eigenvalue weighted by Gasteiger charge is -2.40. The van der Waals surface area contributed by atoms with Crippen molar-refractivity contribution in [3.8, 4) is 0 Å². The topological polar surface area (TPSA) is 551 Å². The largest absolute Gasteiger partial charge is 0.450 e. The number of carbonyl (C=O) groups excluding carboxylic acids is 12. The molecule has 6 saturated heterocycles. The van der Waals surface area contributed by atoms with E-state index in [0.717, 1.165) is 15.4 Å². The minimum Gasteiger partial charge on any atom is -0.450 e. The van der Waals surface area contributed by atoms with E-state index in [4.69, 9.17) is 20.5 Å². The van der Waals surface area contributed by atoms with Crippen LogP contribution in [0.25, 0.3) is 20.9 Å². The van der Waals surface area contributed by atoms with Crippen LogP contribution in [-0.2, 0) is 78.2 Å². The van der Waals surface area contributed by atoms with Crippen LogP contribution >= 0.6 is 0 Å². The van der Waals surface area contributed by atoms with Gasteiger partial charge in [-0.05, 0) is 106 Å². The fourth-order valence-corrected chi connectivity index (χ4v) is 16.1. The lowest BCUT2D eigenvalue weighted by Crippen LogP contribution is -2.64. The molecule has 0 saturated carbocycles. The summed E-state index contributed by atoms with van der Waals surface area (Å²) >= 11 is 0. The van der Waals surface area contributed by atoms with Crippen LogP contribution in [0.1, 0.15) is 170 Å². The van der Waals surface area contributed by atoms with Crippen molar-refractivity contribution in [2.24, 2.45) is 33.9 Å². The standard InChI is InChI=1S/C38H55N9O10.C37H53N9O10.CH4/c1-18(2)28-36(55)57-30(19(3)4)35(54)46-14-12-22(49)16-26(46)32(51)41-25(9-7-8-13-40-45-39)31(50)44-29(21(6)48)34(53)47-27(33(52)43-28)17-38(56)23-15-20(5)10-11-24(23)42-37(38)47;1-18(2)27-35(54)56-29(19(3)4)34(53)45-15-13-21(48)16-25(45)31(50)40-24(12-8-9-14-39-44-38)30(49)43-28(20(5)47)33(52)46-26(32(51)42-27)17-37(55)22-10-6-7-11-23(22)41-36(37)46;/h10-11,15,18-19,21-22,25-30,37,42,48-49,56H,7-9,12-14,16-17H2,1-6H3,(H,41,51)(H,43,52)(H,44,50);6-7,10-11,18-21,24-29,36,41,47-48,55H,8-9,12-17H2,1-5H3,(H,40,50)(H,42,51)(H,43,49);1H4/t21-,22-,25-,26+,27-,28+,29+,30-,37-,38+;20-,21-,24-,25+,26-,27+,28+,29-,36-,37+;/m00./s1. The van der Waals surface area contributed by atoms with Crippen molar-refractivity contribution < 1.29 is 97.6 Å². The minimum absolute atomic E-state index is 0. The summed E-state index contributed by atoms with van der Waals surface area (Å²) in [5.74, 6) is -12.4. The van der Waals surface area contributed by atoms with Crippen molar-refractivity contribution in [1.29, 1.82) is 0 Å². The molecular weight excluding hydrogens is 1480 g/mol. The molecule has 0 radical (unpaired) electrons. The average molecular weight is 1600 g/mol. The fraction of sp³-hybridized carbons (Fsp3) is 0.684. The van der Waals surface area contributed by atoms with Gasteiger partial charge in [0.2, 0.25) is 47.3 Å². The number of cyclic esters (lactones) is 2. The number of nitrogens with zero attached hydrogens (tertiary/aromatic N) is 10. The molecule has 10 rings (SSSR count). The summed E-state index contributed by atoms with van der Waals surface area (Å²) in [5.41, 5.74) is 16.5. The highest BCUT2D eigenvalue weighted by Crippen LogP contribution is 2.51. The third kappa shape index (κ3) is 19.4. The summed E-state index contributed by atoms with van der Waals surface area (Å²) in [7, 11) is 0. The Labute approximate surface area is 660 Å². The number of benzene rings is 2. The van der Waals surface area contributed by atoms with Gasteiger partial charge < -0.3 is 102 Å². The number of carbonyl (C=O) groups is 12. The summed E-state index contributed by atoms with van der Waals surface area (Å²) in [5, 5.41) is 96.9. The van der Waals surface area contributed by atoms with Crippen molar-refractivity contribution >= 4 is 82.4 Å². The number of hydrogen-bond acceptors (Lipinski definition) is 24. The van der Waals surface area contributed by atoms with Gasteiger partial charge in [-0.1, -0.05) is 122 Å². The van der Waals surface area contributed by atoms with Crippen LogP contribution < -0.4 is 42.5 Å². The molecule has 0 bridgehead atoms. The Hall–Kier alpha value is -9.94. The van der Waals surface area contributed by atoms with Crippen molar-refractivity contribution in [1.82, 2.24) is 51.5 Å². The highest BCUT2D eigenvalue weighted by atomic mass is 16.6. The van der Waals surface area contributed by atoms with E-state index in [9.17, 15) is 88.2 Å². The first kappa shape index (κ1) is 89.6. The number of ether oxygens (including phenoxy) is 2. The Morgan fingerprint density at radius 2 is 0.860 bits per heavy atom. The summed E-state index contributed by atoms with van der Waals surface area (Å²) in [6, 6.07) is -2.11. The van der Waals surface area contributed by atoms with Crippen LogP contribution in [0.5, 0.6) is 0 Å². The quantitative estimate of drug-likeness (QED) is 0.0369. The molecule has 114 heavy (non-hydrogen) atoms. The second kappa shape index (κ2) is 38.0. The molecule has 0 spiro atoms. The number of unbranched alkanes of at least 4 members (excludes halogenated alkanes) is 2. The first-order chi connectivity index (χ1) is 53.4. The van der Waals surface area contributed by atoms with Gasteiger partial charge in [0.05, 0.1) is 24.4 Å². The van der Waals surface area contributed by atoms with Gasteiger partial charge in [-0.15, -0.1) is 0 Å². The lowest BCUT2D eigenvalue weighted by atomic mass is 9.90. The first-order valence-electron chi connectivity index (χ1n) is 38.8. The van der Waals surface area contributed by atoms with Gasteiger partial charge in [0, 0.05) is 84.2 Å². The maximum absolute atomic E-state index is 14.7. The van der Waals surface area contributed by atoms with E-state index in [0.29, 0.717) is 35.3 Å². The molecular formula is C76H112N18O20. The molecule has 626 valence electrons. The van der Waals surface area contributed by atoms with Crippen LogP contribution in [0.4, 0.5) is 11.4 Å². The van der Waals surface area contributed by atoms with Gasteiger partial charge in [0.15, 0.2) is 12.2 Å². The number of aliphatic hydroxyl groups excluding tert-OH is 4. The van der Waals surface area contributed by atoms with Crippen LogP contribution in [0.2, 0.25) is 0 Å². The number of aryl methyl sites for hydroxylation is 1. The summed E-state index contributed by atoms with van der Waals surface area (Å²) in [4.78, 5) is 181. The Morgan fingerprint density at radius 3 is 1.25 bits per heavy atom. The normalized spacial score (nSPS) is 31.6. The molecule has 38 nitrogen and oxygen atoms in total. The monoisotopic (exact) mass is 1600 g/mol. The van der Waals surface area contributed by atoms with Gasteiger partial charge in [-0.25, -0.2) is 9.59 Å². The van der Waals surface area contributed by atoms with E-state index >= 15 is 0 Å². The maximum Gasteiger partial charge on any atom is 0.329 e. The molecule has 0 aliphatic carbocycles. The number of rotatable bonds is 16. The summed E-state index contributed by atoms with van der Waals surface area (Å²) in [6.45, 7) is 17.7. The number of azide groups is 2. The van der Waals surface area contributed by atoms with Crippen molar-refractivity contribution in [3.63, 3.8) is 0 Å². The smallest absolute Gasteiger partial charge is 0.329 e. The molecule has 8 aliphatic heterocycles. The molecule has 8 heterocycles. The third-order valence-corrected chi connectivity index (χ3v) is 22.3. The third-order valence-electron chi connectivity index (χ3n) is 22.3. The van der Waals surface area contributed by atoms with Gasteiger partial charge in [0.1, 0.15) is 84.0 Å². The number of fused-ring (bicyclic) bond motifs is 12. The van der Waals surface area contributed by atoms with E-state index in [1.807, 2.05) is 13.0 Å². The number of piperidine rings is 2. The summed E-state index contributed by atoms with van der Waals surface area (Å²) in [6.07, 6.45) is -9.88. The molecule has 0 unspecified atom stereocenters. The van der Waals surface area contributed by atoms with E-state index in [1.54, 1.807) is 91.8 Å². The number of hydrogen-bond donors (Lipinski definition) is 14. The predicted molar refractivity (Wildman–Crippen MR) is 409 cm³/mol. The molecule has 0 aromatic heterocycles. The van der Waals surface area contributed by atoms with Crippen LogP contribution in [-0.4, -0.2) is 257 Å². The van der Waals surface area contributed by atoms with E-state index in [1.165, 1.54) is 23.6 Å². The van der Waals surface area contributed by atoms with Crippen molar-refractivity contribution in [2.45, 2.75) is 281 Å². The lowest BCUT2D eigenvalue weighted by molar-refractivity contribution is -0.170. The van der Waals surface area contributed by atoms with Crippen molar-refractivity contribution in [3.05, 3.63) is 80.0 Å². The van der Waals surface area contributed by atoms with Gasteiger partial charge >= 0.3 is 11.9 Å². The van der Waals surface area contributed by atoms with Crippen LogP contribution in [0.3, 0.4) is 0 Å². The SMILES string of the molecule is C.CC(C)[C@@H]1OC(=O)[C@@H](C(C)C)NC(=O)[C@@H]2C[C@@]3(O)c4ccccc4N[C@H]3N2C(=O)[C@@H]([C@H](C)O)NC(=O)[C@H](CCCCN=[N+]=[N-])NC(=O)[C@H]2C[C@@H](O)CCN2C1=O.Cc1ccc2c(c1)[C@]1(O)C[C@H]3C(=O)N[C@H](C(C)C)C(=O)O[C@@H](C(C)C)C(=O)N4CC[C@H](O)C[C@@H]4C(=O)N[C@@H](CCCCN=[N+]=[N-])C(=O)N[C@H]([C@H](C)O)C(=O)N3[C@@H]1N2. The number of amides is 10. The molecule has 8 aliphatic rings. The molecule has 10 amide bonds. The maximum atomic E-state index is 14.7. The second-order valence-electron chi connectivity index (χ2n) is 32.1. The zero-order valence-corrected chi connectivity index (χ0v) is 65.4. The number of aliphatic hydroxyl groups is 6. The zero-order chi connectivity index (χ0) is 83.0. The Balaban J connectivity index is 0.000000283. The second-order valence-corrected chi connectivity index (χ2v) is 32.1. The number of esters is 2. The fourth-order valence-electron chi connectivity index (χ4n) is 16.1. The molecule has 2 aromatic rings. The number of anilines is 2. The van der Waals surface area contributed by atoms with Crippen LogP contribution in [0.15, 0.2) is 52.7 Å².